The van der Waals surface area contributed by atoms with Crippen LogP contribution >= 0.6 is 0 Å². The van der Waals surface area contributed by atoms with Crippen molar-refractivity contribution < 1.29 is 35.5 Å². The SMILES string of the molecule is O=S(=O)(N[C@H]1CCCC[C@H]1Oc1ccc(F)cc1)c1ccc(OC(F)(F)F)cc1. The van der Waals surface area contributed by atoms with Crippen LogP contribution in [0.2, 0.25) is 0 Å². The lowest BCUT2D eigenvalue weighted by molar-refractivity contribution is -0.274. The lowest BCUT2D eigenvalue weighted by Crippen LogP contribution is -2.47. The van der Waals surface area contributed by atoms with Gasteiger partial charge in [0.1, 0.15) is 23.4 Å². The second-order valence-corrected chi connectivity index (χ2v) is 8.36. The molecule has 2 aromatic rings. The molecule has 2 aromatic carbocycles. The van der Waals surface area contributed by atoms with Gasteiger partial charge < -0.3 is 9.47 Å². The van der Waals surface area contributed by atoms with Crippen molar-refractivity contribution in [1.29, 1.82) is 0 Å². The largest absolute Gasteiger partial charge is 0.573 e. The molecule has 0 aliphatic heterocycles. The van der Waals surface area contributed by atoms with Gasteiger partial charge in [0.2, 0.25) is 10.0 Å². The Morgan fingerprint density at radius 1 is 0.897 bits per heavy atom. The van der Waals surface area contributed by atoms with Crippen molar-refractivity contribution >= 4 is 10.0 Å². The zero-order chi connectivity index (χ0) is 21.1. The first kappa shape index (κ1) is 21.4. The smallest absolute Gasteiger partial charge is 0.489 e. The van der Waals surface area contributed by atoms with E-state index in [0.717, 1.165) is 37.1 Å². The number of halogens is 4. The van der Waals surface area contributed by atoms with Crippen LogP contribution in [0.25, 0.3) is 0 Å². The summed E-state index contributed by atoms with van der Waals surface area (Å²) in [5.74, 6) is -0.487. The fraction of sp³-hybridized carbons (Fsp3) is 0.368. The molecule has 0 radical (unpaired) electrons. The first-order chi connectivity index (χ1) is 13.6. The molecule has 158 valence electrons. The minimum atomic E-state index is -4.86. The van der Waals surface area contributed by atoms with Gasteiger partial charge in [-0.1, -0.05) is 6.42 Å². The number of rotatable bonds is 6. The van der Waals surface area contributed by atoms with Crippen LogP contribution in [-0.4, -0.2) is 26.9 Å². The van der Waals surface area contributed by atoms with Gasteiger partial charge in [0.25, 0.3) is 0 Å². The molecule has 0 spiro atoms. The molecule has 1 aliphatic carbocycles. The first-order valence-electron chi connectivity index (χ1n) is 8.93. The maximum absolute atomic E-state index is 13.1. The Kier molecular flexibility index (Phi) is 6.33. The van der Waals surface area contributed by atoms with E-state index in [0.29, 0.717) is 18.6 Å². The van der Waals surface area contributed by atoms with Gasteiger partial charge in [-0.3, -0.25) is 0 Å². The summed E-state index contributed by atoms with van der Waals surface area (Å²) in [5, 5.41) is 0. The highest BCUT2D eigenvalue weighted by Gasteiger charge is 2.32. The summed E-state index contributed by atoms with van der Waals surface area (Å²) in [6.45, 7) is 0. The lowest BCUT2D eigenvalue weighted by Gasteiger charge is -2.32. The number of ether oxygens (including phenoxy) is 2. The predicted molar refractivity (Wildman–Crippen MR) is 96.5 cm³/mol. The van der Waals surface area contributed by atoms with E-state index in [-0.39, 0.29) is 4.90 Å². The second-order valence-electron chi connectivity index (χ2n) is 6.64. The first-order valence-corrected chi connectivity index (χ1v) is 10.4. The summed E-state index contributed by atoms with van der Waals surface area (Å²) in [6, 6.07) is 8.88. The van der Waals surface area contributed by atoms with Gasteiger partial charge in [0.15, 0.2) is 0 Å². The average Bonchev–Trinajstić information content (AvgIpc) is 2.64. The topological polar surface area (TPSA) is 64.6 Å². The van der Waals surface area contributed by atoms with Crippen LogP contribution in [0.3, 0.4) is 0 Å². The maximum atomic E-state index is 13.1. The number of benzene rings is 2. The number of nitrogens with one attached hydrogen (secondary N) is 1. The molecule has 2 atom stereocenters. The van der Waals surface area contributed by atoms with Crippen LogP contribution in [-0.2, 0) is 10.0 Å². The van der Waals surface area contributed by atoms with E-state index in [1.807, 2.05) is 0 Å². The van der Waals surface area contributed by atoms with E-state index in [9.17, 15) is 26.0 Å². The van der Waals surface area contributed by atoms with E-state index < -0.39 is 40.1 Å². The highest BCUT2D eigenvalue weighted by molar-refractivity contribution is 7.89. The van der Waals surface area contributed by atoms with Crippen molar-refractivity contribution in [2.45, 2.75) is 49.1 Å². The zero-order valence-electron chi connectivity index (χ0n) is 15.2. The summed E-state index contributed by atoms with van der Waals surface area (Å²) in [6.07, 6.45) is -2.49. The molecule has 5 nitrogen and oxygen atoms in total. The van der Waals surface area contributed by atoms with Crippen molar-refractivity contribution in [3.8, 4) is 11.5 Å². The predicted octanol–water partition coefficient (Wildman–Crippen LogP) is 4.39. The number of alkyl halides is 3. The molecule has 0 heterocycles. The van der Waals surface area contributed by atoms with Crippen LogP contribution in [0.15, 0.2) is 53.4 Å². The Morgan fingerprint density at radius 2 is 1.48 bits per heavy atom. The van der Waals surface area contributed by atoms with Crippen LogP contribution in [0.1, 0.15) is 25.7 Å². The van der Waals surface area contributed by atoms with Gasteiger partial charge in [-0.2, -0.15) is 0 Å². The van der Waals surface area contributed by atoms with Crippen molar-refractivity contribution in [3.05, 3.63) is 54.3 Å². The Balaban J connectivity index is 1.70. The third kappa shape index (κ3) is 6.07. The van der Waals surface area contributed by atoms with Gasteiger partial charge in [-0.05, 0) is 67.8 Å². The molecule has 29 heavy (non-hydrogen) atoms. The minimum Gasteiger partial charge on any atom is -0.489 e. The molecule has 1 N–H and O–H groups in total. The van der Waals surface area contributed by atoms with Crippen LogP contribution in [0.5, 0.6) is 11.5 Å². The molecular weight excluding hydrogens is 414 g/mol. The van der Waals surface area contributed by atoms with Crippen LogP contribution in [0.4, 0.5) is 17.6 Å². The molecule has 1 saturated carbocycles. The van der Waals surface area contributed by atoms with Crippen molar-refractivity contribution in [2.24, 2.45) is 0 Å². The third-order valence-electron chi connectivity index (χ3n) is 4.48. The van der Waals surface area contributed by atoms with E-state index in [1.54, 1.807) is 0 Å². The van der Waals surface area contributed by atoms with Crippen LogP contribution in [0, 0.1) is 5.82 Å². The summed E-state index contributed by atoms with van der Waals surface area (Å²) in [4.78, 5) is -0.182. The quantitative estimate of drug-likeness (QED) is 0.687. The standard InChI is InChI=1S/C19H19F4NO4S/c20-13-5-7-14(8-6-13)27-18-4-2-1-3-17(18)24-29(25,26)16-11-9-15(10-12-16)28-19(21,22)23/h5-12,17-18,24H,1-4H2/t17-,18+/m0/s1. The summed E-state index contributed by atoms with van der Waals surface area (Å²) in [7, 11) is -3.98. The van der Waals surface area contributed by atoms with E-state index in [2.05, 4.69) is 9.46 Å². The fourth-order valence-corrected chi connectivity index (χ4v) is 4.45. The average molecular weight is 433 g/mol. The van der Waals surface area contributed by atoms with Gasteiger partial charge in [0.05, 0.1) is 10.9 Å². The molecule has 0 amide bonds. The molecule has 0 saturated heterocycles. The molecule has 0 unspecified atom stereocenters. The number of sulfonamides is 1. The molecule has 3 rings (SSSR count). The minimum absolute atomic E-state index is 0.182. The van der Waals surface area contributed by atoms with Crippen molar-refractivity contribution in [1.82, 2.24) is 4.72 Å². The highest BCUT2D eigenvalue weighted by Crippen LogP contribution is 2.27. The van der Waals surface area contributed by atoms with Crippen LogP contribution < -0.4 is 14.2 Å². The summed E-state index contributed by atoms with van der Waals surface area (Å²) >= 11 is 0. The van der Waals surface area contributed by atoms with Gasteiger partial charge in [0, 0.05) is 0 Å². The second kappa shape index (κ2) is 8.58. The Morgan fingerprint density at radius 3 is 2.10 bits per heavy atom. The van der Waals surface area contributed by atoms with Crippen molar-refractivity contribution in [2.75, 3.05) is 0 Å². The zero-order valence-corrected chi connectivity index (χ0v) is 16.0. The molecule has 1 aliphatic rings. The Bertz CT molecular complexity index is 915. The van der Waals surface area contributed by atoms with E-state index in [4.69, 9.17) is 4.74 Å². The monoisotopic (exact) mass is 433 g/mol. The Hall–Kier alpha value is -2.33. The number of hydrogen-bond donors (Lipinski definition) is 1. The summed E-state index contributed by atoms with van der Waals surface area (Å²) < 4.78 is 87.3. The van der Waals surface area contributed by atoms with Gasteiger partial charge >= 0.3 is 6.36 Å². The Labute approximate surface area is 165 Å². The lowest BCUT2D eigenvalue weighted by atomic mass is 9.93. The highest BCUT2D eigenvalue weighted by atomic mass is 32.2. The molecular formula is C19H19F4NO4S. The van der Waals surface area contributed by atoms with Gasteiger partial charge in [-0.15, -0.1) is 13.2 Å². The molecule has 0 bridgehead atoms. The van der Waals surface area contributed by atoms with E-state index in [1.165, 1.54) is 24.3 Å². The molecule has 10 heteroatoms. The summed E-state index contributed by atoms with van der Waals surface area (Å²) in [5.41, 5.74) is 0. The van der Waals surface area contributed by atoms with Crippen molar-refractivity contribution in [3.63, 3.8) is 0 Å². The molecule has 1 fully saturated rings. The number of hydrogen-bond acceptors (Lipinski definition) is 4. The maximum Gasteiger partial charge on any atom is 0.573 e. The fourth-order valence-electron chi connectivity index (χ4n) is 3.15. The third-order valence-corrected chi connectivity index (χ3v) is 5.98. The molecule has 0 aromatic heterocycles. The van der Waals surface area contributed by atoms with E-state index >= 15 is 0 Å². The normalized spacial score (nSPS) is 20.3. The van der Waals surface area contributed by atoms with Gasteiger partial charge in [-0.25, -0.2) is 17.5 Å².